The molecule has 0 atom stereocenters. The minimum absolute atomic E-state index is 0. The van der Waals surface area contributed by atoms with Crippen LogP contribution in [0.15, 0.2) is 0 Å². The Hall–Kier alpha value is 1.21. The summed E-state index contributed by atoms with van der Waals surface area (Å²) < 4.78 is 0. The molecule has 77 valence electrons. The van der Waals surface area contributed by atoms with Crippen LogP contribution in [0.2, 0.25) is 0 Å². The largest absolute Gasteiger partial charge is 0.480 e. The van der Waals surface area contributed by atoms with E-state index in [0.717, 1.165) is 13.8 Å². The number of carboxylic acid groups (broad SMARTS) is 3. The Morgan fingerprint density at radius 2 is 1.12 bits per heavy atom. The molecule has 0 saturated carbocycles. The van der Waals surface area contributed by atoms with Crippen LogP contribution in [0.1, 0.15) is 13.8 Å². The number of imide groups is 1. The predicted octanol–water partition coefficient (Wildman–Crippen LogP) is -0.635. The van der Waals surface area contributed by atoms with Crippen LogP contribution < -0.4 is 0 Å². The Kier molecular flexibility index (Phi) is 16.5. The van der Waals surface area contributed by atoms with Gasteiger partial charge in [0.25, 0.3) is 0 Å². The molecule has 0 heterocycles. The van der Waals surface area contributed by atoms with Crippen molar-refractivity contribution in [2.75, 3.05) is 0 Å². The molecule has 0 saturated heterocycles. The van der Waals surface area contributed by atoms with Crippen molar-refractivity contribution in [3.8, 4) is 0 Å². The van der Waals surface area contributed by atoms with Crippen LogP contribution >= 0.6 is 0 Å². The topological polar surface area (TPSA) is 115 Å². The average Bonchev–Trinajstić information content (AvgIpc) is 1.82. The van der Waals surface area contributed by atoms with Crippen molar-refractivity contribution in [3.05, 3.63) is 0 Å². The molecule has 3 radical (unpaired) electrons. The summed E-state index contributed by atoms with van der Waals surface area (Å²) in [6.45, 7) is 1.97. The van der Waals surface area contributed by atoms with Gasteiger partial charge in [-0.1, -0.05) is 0 Å². The number of rotatable bonds is 2. The van der Waals surface area contributed by atoms with Crippen molar-refractivity contribution < 1.29 is 29.7 Å². The van der Waals surface area contributed by atoms with Crippen molar-refractivity contribution in [2.45, 2.75) is 19.4 Å². The van der Waals surface area contributed by atoms with E-state index < -0.39 is 23.7 Å². The first-order valence-electron chi connectivity index (χ1n) is 3.20. The van der Waals surface area contributed by atoms with Gasteiger partial charge in [-0.25, -0.2) is 14.4 Å². The van der Waals surface area contributed by atoms with Crippen LogP contribution in [0.25, 0.3) is 0 Å². The fraction of sp³-hybridized carbons (Fsp3) is 0.500. The van der Waals surface area contributed by atoms with E-state index in [-0.39, 0.29) is 93.6 Å². The van der Waals surface area contributed by atoms with Crippen LogP contribution in [-0.2, 0) is 4.79 Å². The predicted molar refractivity (Wildman–Crippen MR) is 56.9 cm³/mol. The van der Waals surface area contributed by atoms with Crippen LogP contribution in [0.5, 0.6) is 0 Å². The van der Waals surface area contributed by atoms with E-state index in [4.69, 9.17) is 15.3 Å². The van der Waals surface area contributed by atoms with Crippen LogP contribution in [0.3, 0.4) is 0 Å². The van der Waals surface area contributed by atoms with Gasteiger partial charge in [-0.15, -0.1) is 0 Å². The Morgan fingerprint density at radius 3 is 1.19 bits per heavy atom. The number of aliphatic carboxylic acids is 1. The summed E-state index contributed by atoms with van der Waals surface area (Å²) >= 11 is 0. The third-order valence-electron chi connectivity index (χ3n) is 1.46. The molecule has 0 aromatic rings. The van der Waals surface area contributed by atoms with Gasteiger partial charge in [0, 0.05) is 88.7 Å². The number of hydrogen-bond acceptors (Lipinski definition) is 3. The molecule has 7 nitrogen and oxygen atoms in total. The molecule has 0 aromatic heterocycles. The second-order valence-corrected chi connectivity index (χ2v) is 2.76. The molecule has 0 aliphatic heterocycles. The molecule has 0 bridgehead atoms. The fourth-order valence-electron chi connectivity index (χ4n) is 0.656. The maximum atomic E-state index is 10.5. The minimum Gasteiger partial charge on any atom is -0.480 e. The quantitative estimate of drug-likeness (QED) is 0.569. The van der Waals surface area contributed by atoms with E-state index in [1.165, 1.54) is 0 Å². The summed E-state index contributed by atoms with van der Waals surface area (Å²) in [5, 5.41) is 25.4. The number of carboxylic acids is 1. The van der Waals surface area contributed by atoms with Gasteiger partial charge in [0.05, 0.1) is 0 Å². The Bertz CT molecular complexity index is 255. The Morgan fingerprint density at radius 1 is 0.875 bits per heavy atom. The molecule has 0 aliphatic carbocycles. The van der Waals surface area contributed by atoms with Crippen LogP contribution in [0.4, 0.5) is 9.59 Å². The zero-order valence-electron chi connectivity index (χ0n) is 10.0. The molecule has 0 spiro atoms. The van der Waals surface area contributed by atoms with Gasteiger partial charge in [0.2, 0.25) is 0 Å². The standard InChI is InChI=1S/C6H9NO6.3Na/c1-6(2,3(8)9)7(4(10)11)5(12)13;;;/h1-2H3,(H,8,9)(H,10,11)(H,12,13);;;. The van der Waals surface area contributed by atoms with Crippen molar-refractivity contribution in [1.29, 1.82) is 0 Å². The van der Waals surface area contributed by atoms with Crippen molar-refractivity contribution >= 4 is 107 Å². The van der Waals surface area contributed by atoms with Gasteiger partial charge >= 0.3 is 18.2 Å². The second kappa shape index (κ2) is 10.2. The summed E-state index contributed by atoms with van der Waals surface area (Å²) in [6.07, 6.45) is -3.64. The van der Waals surface area contributed by atoms with E-state index in [9.17, 15) is 14.4 Å². The molecule has 0 fully saturated rings. The molecule has 10 heteroatoms. The van der Waals surface area contributed by atoms with E-state index in [1.54, 1.807) is 0 Å². The summed E-state index contributed by atoms with van der Waals surface area (Å²) in [6, 6.07) is 0. The molecule has 3 N–H and O–H groups in total. The van der Waals surface area contributed by atoms with Gasteiger partial charge in [-0.3, -0.25) is 0 Å². The Labute approximate surface area is 158 Å². The zero-order chi connectivity index (χ0) is 10.8. The van der Waals surface area contributed by atoms with E-state index in [2.05, 4.69) is 0 Å². The van der Waals surface area contributed by atoms with E-state index in [0.29, 0.717) is 0 Å². The van der Waals surface area contributed by atoms with Crippen molar-refractivity contribution in [2.24, 2.45) is 0 Å². The SMILES string of the molecule is CC(C)(C(=O)O)N(C(=O)O)C(=O)O.[Na].[Na].[Na]. The molecule has 0 unspecified atom stereocenters. The summed E-state index contributed by atoms with van der Waals surface area (Å²) in [5.74, 6) is -1.53. The first-order valence-corrected chi connectivity index (χ1v) is 3.20. The molecule has 0 aromatic carbocycles. The first-order chi connectivity index (χ1) is 5.71. The monoisotopic (exact) mass is 260 g/mol. The van der Waals surface area contributed by atoms with E-state index in [1.807, 2.05) is 0 Å². The normalized spacial score (nSPS) is 8.62. The van der Waals surface area contributed by atoms with Gasteiger partial charge in [-0.2, -0.15) is 4.90 Å². The van der Waals surface area contributed by atoms with E-state index >= 15 is 0 Å². The number of nitrogens with zero attached hydrogens (tertiary/aromatic N) is 1. The maximum Gasteiger partial charge on any atom is 0.417 e. The summed E-state index contributed by atoms with van der Waals surface area (Å²) in [7, 11) is 0. The number of carbonyl (C=O) groups is 3. The summed E-state index contributed by atoms with van der Waals surface area (Å²) in [5.41, 5.74) is -1.99. The molecule has 0 rings (SSSR count). The number of hydrogen-bond donors (Lipinski definition) is 3. The van der Waals surface area contributed by atoms with Crippen LogP contribution in [0, 0.1) is 0 Å². The fourth-order valence-corrected chi connectivity index (χ4v) is 0.656. The molecule has 16 heavy (non-hydrogen) atoms. The third-order valence-corrected chi connectivity index (χ3v) is 1.46. The van der Waals surface area contributed by atoms with Gasteiger partial charge in [-0.05, 0) is 13.8 Å². The molecule has 2 amide bonds. The van der Waals surface area contributed by atoms with Gasteiger partial charge in [0.15, 0.2) is 0 Å². The molecule has 0 aliphatic rings. The zero-order valence-corrected chi connectivity index (χ0v) is 16.0. The third kappa shape index (κ3) is 6.83. The minimum atomic E-state index is -1.99. The number of amides is 2. The van der Waals surface area contributed by atoms with Gasteiger partial charge < -0.3 is 15.3 Å². The second-order valence-electron chi connectivity index (χ2n) is 2.76. The van der Waals surface area contributed by atoms with Crippen molar-refractivity contribution in [3.63, 3.8) is 0 Å². The molecular formula is C6H9NNa3O6. The van der Waals surface area contributed by atoms with Crippen LogP contribution in [-0.4, -0.2) is 133 Å². The first kappa shape index (κ1) is 25.9. The average molecular weight is 260 g/mol. The maximum absolute atomic E-state index is 10.5. The smallest absolute Gasteiger partial charge is 0.417 e. The Balaban J connectivity index is -0.000000240. The van der Waals surface area contributed by atoms with Crippen molar-refractivity contribution in [1.82, 2.24) is 4.90 Å². The summed E-state index contributed by atoms with van der Waals surface area (Å²) in [4.78, 5) is 31.1. The van der Waals surface area contributed by atoms with Gasteiger partial charge in [0.1, 0.15) is 5.54 Å². The molecular weight excluding hydrogens is 251 g/mol.